The summed E-state index contributed by atoms with van der Waals surface area (Å²) in [6, 6.07) is 0. The van der Waals surface area contributed by atoms with Crippen molar-refractivity contribution in [2.24, 2.45) is 0 Å². The van der Waals surface area contributed by atoms with Crippen LogP contribution in [0.15, 0.2) is 0 Å². The van der Waals surface area contributed by atoms with Gasteiger partial charge in [-0.25, -0.2) is 8.42 Å². The third-order valence-corrected chi connectivity index (χ3v) is 5.27. The summed E-state index contributed by atoms with van der Waals surface area (Å²) in [7, 11) is -2.99. The van der Waals surface area contributed by atoms with E-state index in [1.54, 1.807) is 6.92 Å². The standard InChI is InChI=1S/C11H20N2O4S/c1-11(2-5-18(15,16)8-11)13-10(14)6-9-7-12-3-4-17-9/h9,12H,2-8H2,1H3,(H,13,14). The van der Waals surface area contributed by atoms with E-state index < -0.39 is 15.4 Å². The highest BCUT2D eigenvalue weighted by molar-refractivity contribution is 7.91. The maximum Gasteiger partial charge on any atom is 0.223 e. The van der Waals surface area contributed by atoms with Crippen LogP contribution in [0.4, 0.5) is 0 Å². The number of carbonyl (C=O) groups excluding carboxylic acids is 1. The van der Waals surface area contributed by atoms with Gasteiger partial charge in [0.05, 0.1) is 36.2 Å². The Kier molecular flexibility index (Phi) is 3.93. The molecule has 2 heterocycles. The van der Waals surface area contributed by atoms with Crippen molar-refractivity contribution in [3.63, 3.8) is 0 Å². The number of nitrogens with one attached hydrogen (secondary N) is 2. The second-order valence-electron chi connectivity index (χ2n) is 5.35. The molecule has 2 aliphatic rings. The predicted octanol–water partition coefficient (Wildman–Crippen LogP) is -0.942. The number of hydrogen-bond acceptors (Lipinski definition) is 5. The summed E-state index contributed by atoms with van der Waals surface area (Å²) < 4.78 is 28.3. The molecule has 2 aliphatic heterocycles. The quantitative estimate of drug-likeness (QED) is 0.695. The summed E-state index contributed by atoms with van der Waals surface area (Å²) in [4.78, 5) is 11.9. The fraction of sp³-hybridized carbons (Fsp3) is 0.909. The van der Waals surface area contributed by atoms with Crippen molar-refractivity contribution in [1.82, 2.24) is 10.6 Å². The molecular formula is C11H20N2O4S. The van der Waals surface area contributed by atoms with Gasteiger partial charge in [0, 0.05) is 13.1 Å². The van der Waals surface area contributed by atoms with E-state index in [2.05, 4.69) is 10.6 Å². The van der Waals surface area contributed by atoms with Crippen molar-refractivity contribution >= 4 is 15.7 Å². The van der Waals surface area contributed by atoms with Crippen LogP contribution in [0.5, 0.6) is 0 Å². The van der Waals surface area contributed by atoms with Gasteiger partial charge in [0.25, 0.3) is 0 Å². The van der Waals surface area contributed by atoms with Gasteiger partial charge in [-0.15, -0.1) is 0 Å². The molecule has 0 saturated carbocycles. The number of sulfone groups is 1. The molecule has 0 spiro atoms. The molecule has 2 saturated heterocycles. The lowest BCUT2D eigenvalue weighted by Gasteiger charge is -2.27. The molecule has 0 aliphatic carbocycles. The Balaban J connectivity index is 1.84. The van der Waals surface area contributed by atoms with E-state index in [4.69, 9.17) is 4.74 Å². The number of carbonyl (C=O) groups is 1. The molecule has 18 heavy (non-hydrogen) atoms. The van der Waals surface area contributed by atoms with Crippen LogP contribution in [-0.2, 0) is 19.4 Å². The van der Waals surface area contributed by atoms with E-state index in [1.165, 1.54) is 0 Å². The summed E-state index contributed by atoms with van der Waals surface area (Å²) >= 11 is 0. The normalized spacial score (nSPS) is 35.3. The third kappa shape index (κ3) is 3.66. The summed E-state index contributed by atoms with van der Waals surface area (Å²) in [6.07, 6.45) is 0.661. The average molecular weight is 276 g/mol. The number of morpholine rings is 1. The Morgan fingerprint density at radius 3 is 2.89 bits per heavy atom. The van der Waals surface area contributed by atoms with E-state index in [0.717, 1.165) is 6.54 Å². The van der Waals surface area contributed by atoms with Gasteiger partial charge in [-0.2, -0.15) is 0 Å². The second kappa shape index (κ2) is 5.14. The first-order valence-corrected chi connectivity index (χ1v) is 8.04. The molecule has 2 unspecified atom stereocenters. The summed E-state index contributed by atoms with van der Waals surface area (Å²) in [6.45, 7) is 3.88. The van der Waals surface area contributed by atoms with Crippen LogP contribution in [0.2, 0.25) is 0 Å². The van der Waals surface area contributed by atoms with E-state index in [9.17, 15) is 13.2 Å². The second-order valence-corrected chi connectivity index (χ2v) is 7.54. The average Bonchev–Trinajstić information content (AvgIpc) is 2.53. The number of amides is 1. The molecule has 6 nitrogen and oxygen atoms in total. The molecule has 2 N–H and O–H groups in total. The maximum atomic E-state index is 11.9. The molecule has 2 atom stereocenters. The molecule has 1 amide bonds. The van der Waals surface area contributed by atoms with Crippen molar-refractivity contribution in [1.29, 1.82) is 0 Å². The molecule has 2 fully saturated rings. The monoisotopic (exact) mass is 276 g/mol. The van der Waals surface area contributed by atoms with Gasteiger partial charge in [-0.05, 0) is 13.3 Å². The van der Waals surface area contributed by atoms with Gasteiger partial charge in [0.1, 0.15) is 0 Å². The van der Waals surface area contributed by atoms with Crippen LogP contribution in [0.25, 0.3) is 0 Å². The molecular weight excluding hydrogens is 256 g/mol. The van der Waals surface area contributed by atoms with Crippen molar-refractivity contribution < 1.29 is 17.9 Å². The van der Waals surface area contributed by atoms with Crippen LogP contribution >= 0.6 is 0 Å². The zero-order valence-corrected chi connectivity index (χ0v) is 11.4. The number of rotatable bonds is 3. The fourth-order valence-corrected chi connectivity index (χ4v) is 4.55. The van der Waals surface area contributed by atoms with Crippen LogP contribution in [0.1, 0.15) is 19.8 Å². The Hall–Kier alpha value is -0.660. The Bertz CT molecular complexity index is 417. The highest BCUT2D eigenvalue weighted by Crippen LogP contribution is 2.23. The highest BCUT2D eigenvalue weighted by Gasteiger charge is 2.39. The first-order valence-electron chi connectivity index (χ1n) is 6.22. The van der Waals surface area contributed by atoms with Crippen molar-refractivity contribution in [2.45, 2.75) is 31.4 Å². The summed E-state index contributed by atoms with van der Waals surface area (Å²) in [5, 5.41) is 5.99. The molecule has 0 bridgehead atoms. The lowest BCUT2D eigenvalue weighted by Crippen LogP contribution is -2.49. The first kappa shape index (κ1) is 13.8. The molecule has 0 aromatic carbocycles. The minimum Gasteiger partial charge on any atom is -0.375 e. The zero-order chi connectivity index (χ0) is 13.2. The zero-order valence-electron chi connectivity index (χ0n) is 10.6. The lowest BCUT2D eigenvalue weighted by molar-refractivity contribution is -0.126. The topological polar surface area (TPSA) is 84.5 Å². The van der Waals surface area contributed by atoms with Gasteiger partial charge < -0.3 is 15.4 Å². The molecule has 0 radical (unpaired) electrons. The van der Waals surface area contributed by atoms with E-state index in [-0.39, 0.29) is 29.9 Å². The molecule has 0 aromatic heterocycles. The van der Waals surface area contributed by atoms with Gasteiger partial charge in [0.2, 0.25) is 5.91 Å². The molecule has 2 rings (SSSR count). The van der Waals surface area contributed by atoms with E-state index in [1.807, 2.05) is 0 Å². The number of ether oxygens (including phenoxy) is 1. The van der Waals surface area contributed by atoms with Crippen LogP contribution in [0, 0.1) is 0 Å². The molecule has 0 aromatic rings. The van der Waals surface area contributed by atoms with Crippen molar-refractivity contribution in [2.75, 3.05) is 31.2 Å². The predicted molar refractivity (Wildman–Crippen MR) is 67.0 cm³/mol. The van der Waals surface area contributed by atoms with Crippen molar-refractivity contribution in [3.05, 3.63) is 0 Å². The summed E-state index contributed by atoms with van der Waals surface area (Å²) in [5.41, 5.74) is -0.613. The summed E-state index contributed by atoms with van der Waals surface area (Å²) in [5.74, 6) is 0.0594. The van der Waals surface area contributed by atoms with Crippen LogP contribution in [-0.4, -0.2) is 57.2 Å². The van der Waals surface area contributed by atoms with Gasteiger partial charge in [-0.1, -0.05) is 0 Å². The fourth-order valence-electron chi connectivity index (χ4n) is 2.45. The maximum absolute atomic E-state index is 11.9. The Morgan fingerprint density at radius 2 is 2.33 bits per heavy atom. The lowest BCUT2D eigenvalue weighted by atomic mass is 10.0. The van der Waals surface area contributed by atoms with Crippen molar-refractivity contribution in [3.8, 4) is 0 Å². The number of hydrogen-bond donors (Lipinski definition) is 2. The molecule has 104 valence electrons. The smallest absolute Gasteiger partial charge is 0.223 e. The van der Waals surface area contributed by atoms with E-state index in [0.29, 0.717) is 19.6 Å². The highest BCUT2D eigenvalue weighted by atomic mass is 32.2. The minimum atomic E-state index is -2.99. The minimum absolute atomic E-state index is 0.0372. The SMILES string of the molecule is CC1(NC(=O)CC2CNCCO2)CCS(=O)(=O)C1. The molecule has 7 heteroatoms. The van der Waals surface area contributed by atoms with E-state index >= 15 is 0 Å². The van der Waals surface area contributed by atoms with Gasteiger partial charge >= 0.3 is 0 Å². The van der Waals surface area contributed by atoms with Gasteiger partial charge in [-0.3, -0.25) is 4.79 Å². The van der Waals surface area contributed by atoms with Gasteiger partial charge in [0.15, 0.2) is 9.84 Å². The largest absolute Gasteiger partial charge is 0.375 e. The Morgan fingerprint density at radius 1 is 1.56 bits per heavy atom. The first-order chi connectivity index (χ1) is 8.39. The third-order valence-electron chi connectivity index (χ3n) is 3.36. The van der Waals surface area contributed by atoms with Crippen LogP contribution in [0.3, 0.4) is 0 Å². The Labute approximate surface area is 107 Å². The van der Waals surface area contributed by atoms with Crippen LogP contribution < -0.4 is 10.6 Å².